The van der Waals surface area contributed by atoms with Gasteiger partial charge in [-0.2, -0.15) is 0 Å². The second-order valence-corrected chi connectivity index (χ2v) is 13.1. The van der Waals surface area contributed by atoms with E-state index in [1.807, 2.05) is 18.7 Å². The molecule has 0 unspecified atom stereocenters. The molecule has 0 aromatic heterocycles. The van der Waals surface area contributed by atoms with Gasteiger partial charge in [-0.15, -0.1) is 0 Å². The monoisotopic (exact) mass is 468 g/mol. The smallest absolute Gasteiger partial charge is 0.227 e. The minimum atomic E-state index is -3.17. The zero-order valence-corrected chi connectivity index (χ0v) is 20.8. The number of carbonyl (C=O) groups excluding carboxylic acids is 1. The number of amides is 1. The molecule has 2 atom stereocenters. The molecule has 0 N–H and O–H groups in total. The van der Waals surface area contributed by atoms with E-state index in [1.165, 1.54) is 12.1 Å². The average Bonchev–Trinajstić information content (AvgIpc) is 2.68. The Hall–Kier alpha value is -1.67. The second kappa shape index (κ2) is 9.67. The van der Waals surface area contributed by atoms with Crippen LogP contribution in [0.25, 0.3) is 0 Å². The lowest BCUT2D eigenvalue weighted by molar-refractivity contribution is -0.131. The fraction of sp³-hybridized carbons (Fsp3) is 0.708. The van der Waals surface area contributed by atoms with E-state index in [1.54, 1.807) is 26.8 Å². The molecule has 0 aliphatic carbocycles. The normalized spacial score (nSPS) is 23.4. The van der Waals surface area contributed by atoms with Crippen molar-refractivity contribution in [3.63, 3.8) is 0 Å². The van der Waals surface area contributed by atoms with Crippen LogP contribution in [0.15, 0.2) is 18.2 Å². The van der Waals surface area contributed by atoms with E-state index in [2.05, 4.69) is 4.90 Å². The molecule has 6 nitrogen and oxygen atoms in total. The fourth-order valence-electron chi connectivity index (χ4n) is 4.54. The summed E-state index contributed by atoms with van der Waals surface area (Å²) in [6.45, 7) is 11.6. The summed E-state index contributed by atoms with van der Waals surface area (Å²) in [5, 5.41) is 0. The summed E-state index contributed by atoms with van der Waals surface area (Å²) < 4.78 is 44.1. The predicted octanol–water partition coefficient (Wildman–Crippen LogP) is 3.43. The molecule has 32 heavy (non-hydrogen) atoms. The number of sulfone groups is 1. The molecule has 2 aliphatic rings. The van der Waals surface area contributed by atoms with Crippen LogP contribution in [-0.2, 0) is 25.8 Å². The molecule has 0 radical (unpaired) electrons. The van der Waals surface area contributed by atoms with E-state index in [4.69, 9.17) is 4.74 Å². The van der Waals surface area contributed by atoms with Crippen molar-refractivity contribution in [2.75, 3.05) is 36.8 Å². The summed E-state index contributed by atoms with van der Waals surface area (Å²) >= 11 is 0. The molecule has 2 fully saturated rings. The van der Waals surface area contributed by atoms with E-state index < -0.39 is 14.6 Å². The lowest BCUT2D eigenvalue weighted by Crippen LogP contribution is -2.46. The zero-order valence-electron chi connectivity index (χ0n) is 19.9. The molecular formula is C24H37FN2O4S. The van der Waals surface area contributed by atoms with E-state index >= 15 is 0 Å². The standard InChI is InChI=1S/C24H37FN2O4S/c1-17-14-27(15-18(2)31-17)22-13-21(25)7-6-20(22)12-23(28)26-10-8-19(9-11-26)16-32(29,30)24(3,4)5/h6-7,13,17-19H,8-12,14-16H2,1-5H3/t17-,18+. The van der Waals surface area contributed by atoms with Crippen LogP contribution >= 0.6 is 0 Å². The Kier molecular flexibility index (Phi) is 7.55. The summed E-state index contributed by atoms with van der Waals surface area (Å²) in [7, 11) is -3.17. The van der Waals surface area contributed by atoms with Crippen molar-refractivity contribution in [1.82, 2.24) is 4.90 Å². The molecule has 180 valence electrons. The van der Waals surface area contributed by atoms with Gasteiger partial charge in [0, 0.05) is 31.9 Å². The Balaban J connectivity index is 1.64. The van der Waals surface area contributed by atoms with Crippen molar-refractivity contribution in [2.45, 2.75) is 70.8 Å². The van der Waals surface area contributed by atoms with Crippen molar-refractivity contribution in [2.24, 2.45) is 5.92 Å². The van der Waals surface area contributed by atoms with Gasteiger partial charge in [0.1, 0.15) is 5.82 Å². The summed E-state index contributed by atoms with van der Waals surface area (Å²) in [6.07, 6.45) is 1.66. The largest absolute Gasteiger partial charge is 0.372 e. The molecule has 0 bridgehead atoms. The third-order valence-corrected chi connectivity index (χ3v) is 9.28. The third-order valence-electron chi connectivity index (χ3n) is 6.50. The van der Waals surface area contributed by atoms with Crippen LogP contribution in [0.4, 0.5) is 10.1 Å². The quantitative estimate of drug-likeness (QED) is 0.662. The number of rotatable bonds is 5. The van der Waals surface area contributed by atoms with Crippen molar-refractivity contribution < 1.29 is 22.3 Å². The van der Waals surface area contributed by atoms with E-state index in [-0.39, 0.29) is 42.0 Å². The Morgan fingerprint density at radius 1 is 1.12 bits per heavy atom. The van der Waals surface area contributed by atoms with Crippen LogP contribution < -0.4 is 4.90 Å². The second-order valence-electron chi connectivity index (χ2n) is 10.3. The first-order chi connectivity index (χ1) is 14.9. The van der Waals surface area contributed by atoms with Crippen LogP contribution in [0.2, 0.25) is 0 Å². The molecule has 1 amide bonds. The van der Waals surface area contributed by atoms with Crippen LogP contribution in [0.3, 0.4) is 0 Å². The van der Waals surface area contributed by atoms with Crippen molar-refractivity contribution >= 4 is 21.4 Å². The number of benzene rings is 1. The number of nitrogens with zero attached hydrogens (tertiary/aromatic N) is 2. The molecule has 2 aliphatic heterocycles. The van der Waals surface area contributed by atoms with Crippen molar-refractivity contribution in [1.29, 1.82) is 0 Å². The molecular weight excluding hydrogens is 431 g/mol. The highest BCUT2D eigenvalue weighted by Crippen LogP contribution is 2.28. The van der Waals surface area contributed by atoms with Gasteiger partial charge in [-0.3, -0.25) is 4.79 Å². The van der Waals surface area contributed by atoms with Crippen molar-refractivity contribution in [3.8, 4) is 0 Å². The fourth-order valence-corrected chi connectivity index (χ4v) is 5.99. The maximum Gasteiger partial charge on any atom is 0.227 e. The Bertz CT molecular complexity index is 910. The Morgan fingerprint density at radius 3 is 2.28 bits per heavy atom. The number of ether oxygens (including phenoxy) is 1. The molecule has 0 saturated carbocycles. The maximum absolute atomic E-state index is 14.0. The van der Waals surface area contributed by atoms with Gasteiger partial charge in [0.2, 0.25) is 5.91 Å². The molecule has 3 rings (SSSR count). The maximum atomic E-state index is 14.0. The highest BCUT2D eigenvalue weighted by atomic mass is 32.2. The van der Waals surface area contributed by atoms with Crippen LogP contribution in [0.1, 0.15) is 53.0 Å². The summed E-state index contributed by atoms with van der Waals surface area (Å²) in [5.74, 6) is -0.0530. The average molecular weight is 469 g/mol. The molecule has 2 heterocycles. The molecule has 1 aromatic carbocycles. The third kappa shape index (κ3) is 6.01. The summed E-state index contributed by atoms with van der Waals surface area (Å²) in [6, 6.07) is 4.62. The Morgan fingerprint density at radius 2 is 1.72 bits per heavy atom. The van der Waals surface area contributed by atoms with E-state index in [0.29, 0.717) is 39.0 Å². The Labute approximate surface area is 192 Å². The van der Waals surface area contributed by atoms with Gasteiger partial charge in [0.25, 0.3) is 0 Å². The lowest BCUT2D eigenvalue weighted by Gasteiger charge is -2.38. The number of halogens is 1. The number of anilines is 1. The van der Waals surface area contributed by atoms with E-state index in [0.717, 1.165) is 11.3 Å². The molecule has 2 saturated heterocycles. The van der Waals surface area contributed by atoms with Crippen molar-refractivity contribution in [3.05, 3.63) is 29.6 Å². The lowest BCUT2D eigenvalue weighted by atomic mass is 9.98. The van der Waals surface area contributed by atoms with Crippen LogP contribution in [-0.4, -0.2) is 68.1 Å². The highest BCUT2D eigenvalue weighted by molar-refractivity contribution is 7.92. The number of hydrogen-bond donors (Lipinski definition) is 0. The zero-order chi connectivity index (χ0) is 23.7. The number of likely N-dealkylation sites (tertiary alicyclic amines) is 1. The van der Waals surface area contributed by atoms with E-state index in [9.17, 15) is 17.6 Å². The van der Waals surface area contributed by atoms with Gasteiger partial charge in [0.05, 0.1) is 29.1 Å². The van der Waals surface area contributed by atoms with Gasteiger partial charge < -0.3 is 14.5 Å². The summed E-state index contributed by atoms with van der Waals surface area (Å²) in [5.41, 5.74) is 1.57. The minimum Gasteiger partial charge on any atom is -0.372 e. The first-order valence-electron chi connectivity index (χ1n) is 11.5. The first-order valence-corrected chi connectivity index (χ1v) is 13.2. The topological polar surface area (TPSA) is 66.9 Å². The minimum absolute atomic E-state index is 0.00402. The molecule has 0 spiro atoms. The van der Waals surface area contributed by atoms with Gasteiger partial charge in [-0.05, 0) is 71.1 Å². The SMILES string of the molecule is C[C@@H]1CN(c2cc(F)ccc2CC(=O)N2CCC(CS(=O)(=O)C(C)(C)C)CC2)C[C@H](C)O1. The predicted molar refractivity (Wildman–Crippen MR) is 125 cm³/mol. The van der Waals surface area contributed by atoms with Gasteiger partial charge in [-0.25, -0.2) is 12.8 Å². The van der Waals surface area contributed by atoms with Gasteiger partial charge >= 0.3 is 0 Å². The van der Waals surface area contributed by atoms with Crippen LogP contribution in [0, 0.1) is 11.7 Å². The van der Waals surface area contributed by atoms with Gasteiger partial charge in [0.15, 0.2) is 9.84 Å². The van der Waals surface area contributed by atoms with Gasteiger partial charge in [-0.1, -0.05) is 6.07 Å². The number of hydrogen-bond acceptors (Lipinski definition) is 5. The summed E-state index contributed by atoms with van der Waals surface area (Å²) in [4.78, 5) is 17.0. The number of carbonyl (C=O) groups is 1. The first kappa shape index (κ1) is 25.0. The number of piperidine rings is 1. The molecule has 8 heteroatoms. The highest BCUT2D eigenvalue weighted by Gasteiger charge is 2.34. The number of morpholine rings is 1. The molecule has 1 aromatic rings. The van der Waals surface area contributed by atoms with Crippen LogP contribution in [0.5, 0.6) is 0 Å².